The van der Waals surface area contributed by atoms with Gasteiger partial charge in [0.2, 0.25) is 5.91 Å². The molecular weight excluding hydrogens is 429 g/mol. The molecule has 5 rings (SSSR count). The van der Waals surface area contributed by atoms with Crippen LogP contribution in [0.1, 0.15) is 49.8 Å². The molecule has 168 valence electrons. The number of carbonyl (C=O) groups excluding carboxylic acids is 1. The number of sulfonamides is 1. The van der Waals surface area contributed by atoms with Crippen molar-refractivity contribution in [3.8, 4) is 0 Å². The predicted molar refractivity (Wildman–Crippen MR) is 119 cm³/mol. The zero-order chi connectivity index (χ0) is 22.5. The average Bonchev–Trinajstić information content (AvgIpc) is 3.58. The Morgan fingerprint density at radius 3 is 2.59 bits per heavy atom. The minimum atomic E-state index is -3.71. The number of likely N-dealkylation sites (tertiary alicyclic amines) is 1. The van der Waals surface area contributed by atoms with Crippen LogP contribution in [0.4, 0.5) is 4.39 Å². The molecule has 0 N–H and O–H groups in total. The first-order valence-electron chi connectivity index (χ1n) is 11.1. The third-order valence-electron chi connectivity index (χ3n) is 6.65. The molecule has 2 aliphatic heterocycles. The molecule has 1 amide bonds. The molecule has 0 unspecified atom stereocenters. The molecule has 2 fully saturated rings. The molecule has 2 atom stereocenters. The number of hydrogen-bond acceptors (Lipinski definition) is 4. The van der Waals surface area contributed by atoms with Gasteiger partial charge in [-0.15, -0.1) is 4.40 Å². The monoisotopic (exact) mass is 455 g/mol. The number of benzene rings is 2. The van der Waals surface area contributed by atoms with Gasteiger partial charge in [0.15, 0.2) is 5.84 Å². The molecule has 6 nitrogen and oxygen atoms in total. The summed E-state index contributed by atoms with van der Waals surface area (Å²) in [5, 5.41) is 0. The number of amides is 1. The lowest BCUT2D eigenvalue weighted by Crippen LogP contribution is -2.48. The van der Waals surface area contributed by atoms with Gasteiger partial charge in [-0.05, 0) is 50.8 Å². The summed E-state index contributed by atoms with van der Waals surface area (Å²) in [4.78, 5) is 17.7. The van der Waals surface area contributed by atoms with Crippen LogP contribution in [0.5, 0.6) is 0 Å². The molecule has 1 saturated heterocycles. The number of hydrogen-bond donors (Lipinski definition) is 0. The van der Waals surface area contributed by atoms with E-state index in [9.17, 15) is 17.6 Å². The summed E-state index contributed by atoms with van der Waals surface area (Å²) in [5.41, 5.74) is 1.12. The second-order valence-corrected chi connectivity index (χ2v) is 10.4. The van der Waals surface area contributed by atoms with E-state index in [4.69, 9.17) is 0 Å². The lowest BCUT2D eigenvalue weighted by Gasteiger charge is -2.38. The molecule has 1 saturated carbocycles. The maximum absolute atomic E-state index is 14.5. The maximum Gasteiger partial charge on any atom is 0.285 e. The van der Waals surface area contributed by atoms with Crippen molar-refractivity contribution in [1.82, 2.24) is 9.80 Å². The minimum Gasteiger partial charge on any atom is -0.355 e. The fraction of sp³-hybridized carbons (Fsp3) is 0.417. The number of nitrogens with zero attached hydrogens (tertiary/aromatic N) is 3. The van der Waals surface area contributed by atoms with E-state index in [1.54, 1.807) is 42.5 Å². The van der Waals surface area contributed by atoms with Crippen molar-refractivity contribution >= 4 is 21.8 Å². The largest absolute Gasteiger partial charge is 0.355 e. The summed E-state index contributed by atoms with van der Waals surface area (Å²) < 4.78 is 43.4. The van der Waals surface area contributed by atoms with Gasteiger partial charge in [0.25, 0.3) is 10.0 Å². The van der Waals surface area contributed by atoms with Gasteiger partial charge in [-0.25, -0.2) is 4.39 Å². The maximum atomic E-state index is 14.5. The molecule has 0 aromatic heterocycles. The van der Waals surface area contributed by atoms with Crippen molar-refractivity contribution in [2.24, 2.45) is 10.3 Å². The van der Waals surface area contributed by atoms with Crippen molar-refractivity contribution < 1.29 is 17.6 Å². The smallest absolute Gasteiger partial charge is 0.285 e. The summed E-state index contributed by atoms with van der Waals surface area (Å²) in [7, 11) is -3.71. The highest BCUT2D eigenvalue weighted by molar-refractivity contribution is 7.90. The normalized spacial score (nSPS) is 22.8. The number of carbonyl (C=O) groups is 1. The van der Waals surface area contributed by atoms with Crippen LogP contribution < -0.4 is 0 Å². The van der Waals surface area contributed by atoms with Crippen LogP contribution in [0.2, 0.25) is 0 Å². The lowest BCUT2D eigenvalue weighted by atomic mass is 9.94. The molecule has 1 aliphatic carbocycles. The summed E-state index contributed by atoms with van der Waals surface area (Å²) in [6, 6.07) is 13.2. The summed E-state index contributed by atoms with van der Waals surface area (Å²) >= 11 is 0. The number of halogens is 1. The third kappa shape index (κ3) is 3.70. The van der Waals surface area contributed by atoms with Gasteiger partial charge in [-0.2, -0.15) is 8.42 Å². The molecule has 32 heavy (non-hydrogen) atoms. The molecule has 2 aromatic rings. The second kappa shape index (κ2) is 7.99. The van der Waals surface area contributed by atoms with Crippen LogP contribution in [0, 0.1) is 11.7 Å². The molecule has 2 aromatic carbocycles. The highest BCUT2D eigenvalue weighted by Gasteiger charge is 2.42. The van der Waals surface area contributed by atoms with Crippen LogP contribution in [-0.2, 0) is 14.8 Å². The Labute approximate surface area is 187 Å². The Bertz CT molecular complexity index is 1190. The third-order valence-corrected chi connectivity index (χ3v) is 7.98. The molecule has 2 heterocycles. The van der Waals surface area contributed by atoms with Crippen molar-refractivity contribution in [3.05, 3.63) is 65.5 Å². The average molecular weight is 456 g/mol. The molecule has 0 bridgehead atoms. The highest BCUT2D eigenvalue weighted by Crippen LogP contribution is 2.38. The van der Waals surface area contributed by atoms with E-state index < -0.39 is 10.0 Å². The highest BCUT2D eigenvalue weighted by atomic mass is 32.2. The summed E-state index contributed by atoms with van der Waals surface area (Å²) in [6.45, 7) is 2.95. The van der Waals surface area contributed by atoms with Gasteiger partial charge in [-0.1, -0.05) is 30.3 Å². The molecule has 3 aliphatic rings. The zero-order valence-corrected chi connectivity index (χ0v) is 18.8. The van der Waals surface area contributed by atoms with Crippen LogP contribution >= 0.6 is 0 Å². The second-order valence-electron chi connectivity index (χ2n) is 8.85. The van der Waals surface area contributed by atoms with E-state index in [1.807, 2.05) is 16.7 Å². The topological polar surface area (TPSA) is 70.1 Å². The lowest BCUT2D eigenvalue weighted by molar-refractivity contribution is -0.139. The van der Waals surface area contributed by atoms with Gasteiger partial charge in [-0.3, -0.25) is 4.79 Å². The Kier molecular flexibility index (Phi) is 5.28. The van der Waals surface area contributed by atoms with Gasteiger partial charge < -0.3 is 9.80 Å². The standard InChI is InChI=1S/C24H26FN3O3S/c1-16(19-8-2-4-10-21(19)25)28(18-12-13-18)24(29)17-7-6-14-27(15-17)23-20-9-3-5-11-22(20)32(30,31)26-23/h2-5,8-11,16-18H,6-7,12-15H2,1H3/t16-,17-/m0/s1. The van der Waals surface area contributed by atoms with E-state index >= 15 is 0 Å². The van der Waals surface area contributed by atoms with Crippen LogP contribution in [-0.4, -0.2) is 49.1 Å². The number of fused-ring (bicyclic) bond motifs is 1. The van der Waals surface area contributed by atoms with Crippen LogP contribution in [0.3, 0.4) is 0 Å². The van der Waals surface area contributed by atoms with Gasteiger partial charge >= 0.3 is 0 Å². The first-order valence-corrected chi connectivity index (χ1v) is 12.6. The van der Waals surface area contributed by atoms with Crippen molar-refractivity contribution in [1.29, 1.82) is 0 Å². The van der Waals surface area contributed by atoms with E-state index in [0.717, 1.165) is 25.7 Å². The van der Waals surface area contributed by atoms with Crippen molar-refractivity contribution in [2.75, 3.05) is 13.1 Å². The van der Waals surface area contributed by atoms with Crippen LogP contribution in [0.15, 0.2) is 57.8 Å². The first kappa shape index (κ1) is 21.1. The number of amidine groups is 1. The summed E-state index contributed by atoms with van der Waals surface area (Å²) in [6.07, 6.45) is 3.35. The Balaban J connectivity index is 1.39. The minimum absolute atomic E-state index is 0.0164. The molecule has 0 spiro atoms. The molecule has 8 heteroatoms. The fourth-order valence-electron chi connectivity index (χ4n) is 4.90. The Morgan fingerprint density at radius 1 is 1.12 bits per heavy atom. The predicted octanol–water partition coefficient (Wildman–Crippen LogP) is 3.74. The Morgan fingerprint density at radius 2 is 1.84 bits per heavy atom. The van der Waals surface area contributed by atoms with E-state index in [1.165, 1.54) is 6.07 Å². The zero-order valence-electron chi connectivity index (χ0n) is 17.9. The van der Waals surface area contributed by atoms with Crippen LogP contribution in [0.25, 0.3) is 0 Å². The van der Waals surface area contributed by atoms with E-state index in [2.05, 4.69) is 4.40 Å². The SMILES string of the molecule is C[C@@H](c1ccccc1F)N(C(=O)[C@H]1CCCN(C2=NS(=O)(=O)c3ccccc32)C1)C1CC1. The van der Waals surface area contributed by atoms with Gasteiger partial charge in [0.05, 0.1) is 12.0 Å². The fourth-order valence-corrected chi connectivity index (χ4v) is 6.13. The number of rotatable bonds is 4. The first-order chi connectivity index (χ1) is 15.4. The van der Waals surface area contributed by atoms with Crippen molar-refractivity contribution in [2.45, 2.75) is 49.6 Å². The molecule has 0 radical (unpaired) electrons. The van der Waals surface area contributed by atoms with Crippen molar-refractivity contribution in [3.63, 3.8) is 0 Å². The quantitative estimate of drug-likeness (QED) is 0.704. The van der Waals surface area contributed by atoms with E-state index in [0.29, 0.717) is 30.1 Å². The van der Waals surface area contributed by atoms with E-state index in [-0.39, 0.29) is 34.6 Å². The number of piperidine rings is 1. The van der Waals surface area contributed by atoms with Gasteiger partial charge in [0, 0.05) is 30.3 Å². The Hall–Kier alpha value is -2.74. The van der Waals surface area contributed by atoms with Gasteiger partial charge in [0.1, 0.15) is 10.7 Å². The molecular formula is C24H26FN3O3S. The summed E-state index contributed by atoms with van der Waals surface area (Å²) in [5.74, 6) is -0.136.